The lowest BCUT2D eigenvalue weighted by Crippen LogP contribution is -2.14. The zero-order valence-corrected chi connectivity index (χ0v) is 14.7. The molecule has 5 heteroatoms. The van der Waals surface area contributed by atoms with Crippen LogP contribution in [0.1, 0.15) is 23.7 Å². The predicted molar refractivity (Wildman–Crippen MR) is 92.0 cm³/mol. The molecule has 0 fully saturated rings. The van der Waals surface area contributed by atoms with Crippen molar-refractivity contribution in [2.75, 3.05) is 11.9 Å². The van der Waals surface area contributed by atoms with Crippen LogP contribution in [0.15, 0.2) is 51.4 Å². The van der Waals surface area contributed by atoms with Crippen LogP contribution in [-0.2, 0) is 0 Å². The van der Waals surface area contributed by atoms with Crippen LogP contribution in [0.25, 0.3) is 0 Å². The zero-order chi connectivity index (χ0) is 15.2. The number of anilines is 1. The van der Waals surface area contributed by atoms with Gasteiger partial charge in [0.1, 0.15) is 5.75 Å². The highest BCUT2D eigenvalue weighted by Gasteiger charge is 2.14. The molecule has 0 aliphatic carbocycles. The first-order valence-corrected chi connectivity index (χ1v) is 8.18. The molecule has 0 atom stereocenters. The molecule has 2 aromatic rings. The third kappa shape index (κ3) is 4.32. The maximum atomic E-state index is 12.5. The summed E-state index contributed by atoms with van der Waals surface area (Å²) in [4.78, 5) is 12.5. The molecule has 0 bridgehead atoms. The minimum Gasteiger partial charge on any atom is -0.493 e. The highest BCUT2D eigenvalue weighted by Crippen LogP contribution is 2.26. The topological polar surface area (TPSA) is 38.3 Å². The molecule has 2 aromatic carbocycles. The molecule has 0 aliphatic heterocycles. The van der Waals surface area contributed by atoms with Gasteiger partial charge in [0, 0.05) is 8.95 Å². The molecule has 2 rings (SSSR count). The maximum Gasteiger partial charge on any atom is 0.259 e. The Balaban J connectivity index is 2.25. The summed E-state index contributed by atoms with van der Waals surface area (Å²) in [7, 11) is 0. The molecule has 1 amide bonds. The predicted octanol–water partition coefficient (Wildman–Crippen LogP) is 5.25. The summed E-state index contributed by atoms with van der Waals surface area (Å²) in [6.45, 7) is 2.61. The van der Waals surface area contributed by atoms with Gasteiger partial charge in [-0.3, -0.25) is 4.79 Å². The molecule has 0 aromatic heterocycles. The van der Waals surface area contributed by atoms with Crippen molar-refractivity contribution in [1.82, 2.24) is 0 Å². The second-order valence-electron chi connectivity index (χ2n) is 4.42. The number of ether oxygens (including phenoxy) is 1. The number of nitrogens with one attached hydrogen (secondary N) is 1. The van der Waals surface area contributed by atoms with E-state index in [0.717, 1.165) is 21.1 Å². The number of carbonyl (C=O) groups excluding carboxylic acids is 1. The van der Waals surface area contributed by atoms with Crippen molar-refractivity contribution in [2.24, 2.45) is 0 Å². The van der Waals surface area contributed by atoms with Gasteiger partial charge >= 0.3 is 0 Å². The summed E-state index contributed by atoms with van der Waals surface area (Å²) >= 11 is 6.80. The van der Waals surface area contributed by atoms with Gasteiger partial charge in [0.2, 0.25) is 0 Å². The van der Waals surface area contributed by atoms with Crippen molar-refractivity contribution in [3.05, 3.63) is 57.0 Å². The summed E-state index contributed by atoms with van der Waals surface area (Å²) in [6, 6.07) is 12.9. The van der Waals surface area contributed by atoms with E-state index in [0.29, 0.717) is 17.9 Å². The Morgan fingerprint density at radius 1 is 1.19 bits per heavy atom. The van der Waals surface area contributed by atoms with Crippen LogP contribution in [0.5, 0.6) is 5.75 Å². The van der Waals surface area contributed by atoms with Gasteiger partial charge in [0.15, 0.2) is 0 Å². The number of carbonyl (C=O) groups is 1. The van der Waals surface area contributed by atoms with E-state index in [1.807, 2.05) is 37.3 Å². The summed E-state index contributed by atoms with van der Waals surface area (Å²) in [5.41, 5.74) is 1.23. The Bertz CT molecular complexity index is 644. The molecule has 0 spiro atoms. The molecule has 0 heterocycles. The van der Waals surface area contributed by atoms with Gasteiger partial charge in [-0.25, -0.2) is 0 Å². The van der Waals surface area contributed by atoms with E-state index in [1.165, 1.54) is 0 Å². The molecule has 110 valence electrons. The first kappa shape index (κ1) is 16.0. The minimum atomic E-state index is -0.200. The molecule has 0 aliphatic rings. The SMILES string of the molecule is CCCOc1ccc(Br)cc1C(=O)Nc1ccccc1Br. The van der Waals surface area contributed by atoms with Gasteiger partial charge in [0.05, 0.1) is 17.9 Å². The first-order valence-electron chi connectivity index (χ1n) is 6.60. The van der Waals surface area contributed by atoms with E-state index >= 15 is 0 Å². The van der Waals surface area contributed by atoms with Crippen LogP contribution >= 0.6 is 31.9 Å². The Kier molecular flexibility index (Phi) is 5.82. The normalized spacial score (nSPS) is 10.2. The lowest BCUT2D eigenvalue weighted by atomic mass is 10.2. The third-order valence-electron chi connectivity index (χ3n) is 2.77. The number of hydrogen-bond donors (Lipinski definition) is 1. The number of rotatable bonds is 5. The standard InChI is InChI=1S/C16H15Br2NO2/c1-2-9-21-15-8-7-11(17)10-12(15)16(20)19-14-6-4-3-5-13(14)18/h3-8,10H,2,9H2,1H3,(H,19,20). The Labute approximate surface area is 141 Å². The molecule has 0 unspecified atom stereocenters. The molecule has 0 saturated heterocycles. The summed E-state index contributed by atoms with van der Waals surface area (Å²) in [5.74, 6) is 0.388. The van der Waals surface area contributed by atoms with Gasteiger partial charge in [-0.15, -0.1) is 0 Å². The monoisotopic (exact) mass is 411 g/mol. The summed E-state index contributed by atoms with van der Waals surface area (Å²) < 4.78 is 7.31. The fraction of sp³-hybridized carbons (Fsp3) is 0.188. The molecule has 21 heavy (non-hydrogen) atoms. The van der Waals surface area contributed by atoms with Gasteiger partial charge in [-0.2, -0.15) is 0 Å². The number of hydrogen-bond acceptors (Lipinski definition) is 2. The minimum absolute atomic E-state index is 0.200. The fourth-order valence-electron chi connectivity index (χ4n) is 1.77. The second-order valence-corrected chi connectivity index (χ2v) is 6.19. The Morgan fingerprint density at radius 2 is 1.95 bits per heavy atom. The number of halogens is 2. The van der Waals surface area contributed by atoms with E-state index in [-0.39, 0.29) is 5.91 Å². The molecule has 3 nitrogen and oxygen atoms in total. The van der Waals surface area contributed by atoms with E-state index < -0.39 is 0 Å². The zero-order valence-electron chi connectivity index (χ0n) is 11.5. The molecular weight excluding hydrogens is 398 g/mol. The van der Waals surface area contributed by atoms with Crippen LogP contribution in [0, 0.1) is 0 Å². The largest absolute Gasteiger partial charge is 0.493 e. The molecule has 1 N–H and O–H groups in total. The van der Waals surface area contributed by atoms with Gasteiger partial charge in [0.25, 0.3) is 5.91 Å². The van der Waals surface area contributed by atoms with Crippen molar-refractivity contribution in [3.8, 4) is 5.75 Å². The average Bonchev–Trinajstić information content (AvgIpc) is 2.48. The lowest BCUT2D eigenvalue weighted by molar-refractivity contribution is 0.102. The Hall–Kier alpha value is -1.33. The highest BCUT2D eigenvalue weighted by atomic mass is 79.9. The van der Waals surface area contributed by atoms with Gasteiger partial charge in [-0.05, 0) is 52.7 Å². The second kappa shape index (κ2) is 7.61. The Morgan fingerprint density at radius 3 is 2.67 bits per heavy atom. The first-order chi connectivity index (χ1) is 10.1. The fourth-order valence-corrected chi connectivity index (χ4v) is 2.51. The van der Waals surface area contributed by atoms with Crippen molar-refractivity contribution >= 4 is 43.5 Å². The molecule has 0 saturated carbocycles. The van der Waals surface area contributed by atoms with Crippen LogP contribution in [0.4, 0.5) is 5.69 Å². The van der Waals surface area contributed by atoms with Gasteiger partial charge < -0.3 is 10.1 Å². The lowest BCUT2D eigenvalue weighted by Gasteiger charge is -2.12. The van der Waals surface area contributed by atoms with Crippen molar-refractivity contribution < 1.29 is 9.53 Å². The van der Waals surface area contributed by atoms with E-state index in [9.17, 15) is 4.79 Å². The van der Waals surface area contributed by atoms with E-state index in [1.54, 1.807) is 12.1 Å². The average molecular weight is 413 g/mol. The van der Waals surface area contributed by atoms with Crippen LogP contribution in [0.2, 0.25) is 0 Å². The highest BCUT2D eigenvalue weighted by molar-refractivity contribution is 9.10. The van der Waals surface area contributed by atoms with Crippen LogP contribution in [0.3, 0.4) is 0 Å². The molecule has 0 radical (unpaired) electrons. The number of para-hydroxylation sites is 1. The van der Waals surface area contributed by atoms with Crippen LogP contribution < -0.4 is 10.1 Å². The maximum absolute atomic E-state index is 12.5. The quantitative estimate of drug-likeness (QED) is 0.727. The van der Waals surface area contributed by atoms with Crippen LogP contribution in [-0.4, -0.2) is 12.5 Å². The number of amides is 1. The number of benzene rings is 2. The van der Waals surface area contributed by atoms with E-state index in [2.05, 4.69) is 37.2 Å². The smallest absolute Gasteiger partial charge is 0.259 e. The van der Waals surface area contributed by atoms with Crippen molar-refractivity contribution in [1.29, 1.82) is 0 Å². The summed E-state index contributed by atoms with van der Waals surface area (Å²) in [6.07, 6.45) is 0.890. The summed E-state index contributed by atoms with van der Waals surface area (Å²) in [5, 5.41) is 2.88. The van der Waals surface area contributed by atoms with Crippen molar-refractivity contribution in [3.63, 3.8) is 0 Å². The van der Waals surface area contributed by atoms with Gasteiger partial charge in [-0.1, -0.05) is 35.0 Å². The van der Waals surface area contributed by atoms with Crippen molar-refractivity contribution in [2.45, 2.75) is 13.3 Å². The third-order valence-corrected chi connectivity index (χ3v) is 3.95. The molecular formula is C16H15Br2NO2. The van der Waals surface area contributed by atoms with E-state index in [4.69, 9.17) is 4.74 Å².